The molecule has 0 aliphatic rings. The number of aryl methyl sites for hydroxylation is 1. The highest BCUT2D eigenvalue weighted by molar-refractivity contribution is 7.90. The Morgan fingerprint density at radius 1 is 1.03 bits per heavy atom. The van der Waals surface area contributed by atoms with Crippen LogP contribution in [0.25, 0.3) is 0 Å². The van der Waals surface area contributed by atoms with Gasteiger partial charge < -0.3 is 10.6 Å². The van der Waals surface area contributed by atoms with Crippen LogP contribution in [-0.2, 0) is 19.9 Å². The highest BCUT2D eigenvalue weighted by Gasteiger charge is 2.20. The first-order chi connectivity index (χ1) is 15.2. The summed E-state index contributed by atoms with van der Waals surface area (Å²) < 4.78 is 50.4. The molecule has 180 valence electrons. The molecule has 0 saturated heterocycles. The average molecular weight is 499 g/mol. The predicted octanol–water partition coefficient (Wildman–Crippen LogP) is 1.84. The SMILES string of the molecule is Cc1ccc(S(=O)(=O)NC(C)C)cc1C(=O)NCCNc1ccc(S(C)(=O)=O)cc1[N+](=O)[O-]. The summed E-state index contributed by atoms with van der Waals surface area (Å²) in [6, 6.07) is 7.44. The first-order valence-electron chi connectivity index (χ1n) is 9.86. The normalized spacial score (nSPS) is 11.9. The molecule has 2 rings (SSSR count). The summed E-state index contributed by atoms with van der Waals surface area (Å²) >= 11 is 0. The van der Waals surface area contributed by atoms with E-state index in [0.717, 1.165) is 12.3 Å². The molecular formula is C20H26N4O7S2. The third kappa shape index (κ3) is 6.97. The van der Waals surface area contributed by atoms with Gasteiger partial charge in [0.2, 0.25) is 10.0 Å². The Bertz CT molecular complexity index is 1270. The molecule has 0 radical (unpaired) electrons. The summed E-state index contributed by atoms with van der Waals surface area (Å²) in [6.45, 7) is 5.23. The van der Waals surface area contributed by atoms with Crippen molar-refractivity contribution in [2.45, 2.75) is 36.6 Å². The van der Waals surface area contributed by atoms with Crippen LogP contribution in [0.2, 0.25) is 0 Å². The molecule has 0 atom stereocenters. The number of nitro groups is 1. The first-order valence-corrected chi connectivity index (χ1v) is 13.2. The molecule has 13 heteroatoms. The third-order valence-corrected chi connectivity index (χ3v) is 7.24. The Morgan fingerprint density at radius 3 is 2.24 bits per heavy atom. The molecule has 2 aromatic carbocycles. The van der Waals surface area contributed by atoms with Gasteiger partial charge in [-0.2, -0.15) is 0 Å². The topological polar surface area (TPSA) is 165 Å². The number of rotatable bonds is 10. The second-order valence-electron chi connectivity index (χ2n) is 7.64. The van der Waals surface area contributed by atoms with E-state index in [-0.39, 0.29) is 40.2 Å². The van der Waals surface area contributed by atoms with Gasteiger partial charge in [-0.3, -0.25) is 14.9 Å². The quantitative estimate of drug-likeness (QED) is 0.254. The van der Waals surface area contributed by atoms with Crippen molar-refractivity contribution in [2.24, 2.45) is 0 Å². The number of anilines is 1. The van der Waals surface area contributed by atoms with Crippen LogP contribution < -0.4 is 15.4 Å². The van der Waals surface area contributed by atoms with Crippen LogP contribution in [-0.4, -0.2) is 53.1 Å². The number of hydrogen-bond acceptors (Lipinski definition) is 8. The minimum Gasteiger partial charge on any atom is -0.378 e. The summed E-state index contributed by atoms with van der Waals surface area (Å²) in [5.41, 5.74) is 0.461. The second-order valence-corrected chi connectivity index (χ2v) is 11.4. The van der Waals surface area contributed by atoms with Crippen molar-refractivity contribution < 1.29 is 26.6 Å². The van der Waals surface area contributed by atoms with Crippen molar-refractivity contribution in [3.8, 4) is 0 Å². The van der Waals surface area contributed by atoms with Gasteiger partial charge in [0.05, 0.1) is 14.7 Å². The zero-order chi connectivity index (χ0) is 25.0. The van der Waals surface area contributed by atoms with Gasteiger partial charge in [-0.1, -0.05) is 6.07 Å². The molecule has 1 amide bonds. The lowest BCUT2D eigenvalue weighted by Crippen LogP contribution is -2.31. The lowest BCUT2D eigenvalue weighted by atomic mass is 10.1. The molecular weight excluding hydrogens is 472 g/mol. The molecule has 3 N–H and O–H groups in total. The van der Waals surface area contributed by atoms with Gasteiger partial charge in [0.1, 0.15) is 5.69 Å². The van der Waals surface area contributed by atoms with Crippen LogP contribution in [0.1, 0.15) is 29.8 Å². The lowest BCUT2D eigenvalue weighted by Gasteiger charge is -2.13. The molecule has 0 saturated carbocycles. The van der Waals surface area contributed by atoms with Gasteiger partial charge in [-0.15, -0.1) is 0 Å². The van der Waals surface area contributed by atoms with Crippen molar-refractivity contribution >= 4 is 37.1 Å². The van der Waals surface area contributed by atoms with Crippen molar-refractivity contribution in [1.29, 1.82) is 0 Å². The highest BCUT2D eigenvalue weighted by Crippen LogP contribution is 2.27. The molecule has 0 aliphatic heterocycles. The minimum absolute atomic E-state index is 0.0355. The number of benzene rings is 2. The van der Waals surface area contributed by atoms with E-state index >= 15 is 0 Å². The van der Waals surface area contributed by atoms with Crippen molar-refractivity contribution in [3.05, 3.63) is 57.6 Å². The van der Waals surface area contributed by atoms with Gasteiger partial charge in [-0.25, -0.2) is 21.6 Å². The smallest absolute Gasteiger partial charge is 0.293 e. The van der Waals surface area contributed by atoms with E-state index in [0.29, 0.717) is 5.56 Å². The van der Waals surface area contributed by atoms with Gasteiger partial charge in [0.25, 0.3) is 11.6 Å². The summed E-state index contributed by atoms with van der Waals surface area (Å²) in [7, 11) is -7.37. The summed E-state index contributed by atoms with van der Waals surface area (Å²) in [6.07, 6.45) is 0.954. The van der Waals surface area contributed by atoms with E-state index < -0.39 is 36.4 Å². The number of sulfonamides is 1. The number of carbonyl (C=O) groups is 1. The fraction of sp³-hybridized carbons (Fsp3) is 0.350. The van der Waals surface area contributed by atoms with E-state index in [1.165, 1.54) is 30.3 Å². The minimum atomic E-state index is -3.77. The van der Waals surface area contributed by atoms with E-state index in [4.69, 9.17) is 0 Å². The highest BCUT2D eigenvalue weighted by atomic mass is 32.2. The van der Waals surface area contributed by atoms with E-state index in [2.05, 4.69) is 15.4 Å². The second kappa shape index (κ2) is 10.3. The van der Waals surface area contributed by atoms with Crippen LogP contribution in [0.4, 0.5) is 11.4 Å². The Balaban J connectivity index is 2.08. The van der Waals surface area contributed by atoms with E-state index in [1.54, 1.807) is 20.8 Å². The number of nitrogens with one attached hydrogen (secondary N) is 3. The van der Waals surface area contributed by atoms with Crippen LogP contribution in [0, 0.1) is 17.0 Å². The summed E-state index contributed by atoms with van der Waals surface area (Å²) in [5, 5.41) is 16.7. The monoisotopic (exact) mass is 498 g/mol. The maximum atomic E-state index is 12.6. The Hall–Kier alpha value is -3.03. The van der Waals surface area contributed by atoms with Crippen molar-refractivity contribution in [3.63, 3.8) is 0 Å². The van der Waals surface area contributed by atoms with Gasteiger partial charge in [0.15, 0.2) is 9.84 Å². The first kappa shape index (κ1) is 26.2. The molecule has 0 spiro atoms. The van der Waals surface area contributed by atoms with Crippen molar-refractivity contribution in [2.75, 3.05) is 24.7 Å². The van der Waals surface area contributed by atoms with Crippen LogP contribution in [0.3, 0.4) is 0 Å². The van der Waals surface area contributed by atoms with Crippen LogP contribution in [0.15, 0.2) is 46.2 Å². The molecule has 33 heavy (non-hydrogen) atoms. The Labute approximate surface area is 192 Å². The predicted molar refractivity (Wildman–Crippen MR) is 124 cm³/mol. The standard InChI is InChI=1S/C20H26N4O7S2/c1-13(2)23-33(30,31)16-6-5-14(3)17(11-16)20(25)22-10-9-21-18-8-7-15(32(4,28)29)12-19(18)24(26)27/h5-8,11-13,21,23H,9-10H2,1-4H3,(H,22,25). The van der Waals surface area contributed by atoms with Gasteiger partial charge in [-0.05, 0) is 50.6 Å². The largest absolute Gasteiger partial charge is 0.378 e. The third-order valence-electron chi connectivity index (χ3n) is 4.47. The Kier molecular flexibility index (Phi) is 8.16. The van der Waals surface area contributed by atoms with Crippen molar-refractivity contribution in [1.82, 2.24) is 10.0 Å². The maximum absolute atomic E-state index is 12.6. The zero-order valence-corrected chi connectivity index (χ0v) is 20.2. The molecule has 0 unspecified atom stereocenters. The summed E-state index contributed by atoms with van der Waals surface area (Å²) in [5.74, 6) is -0.502. The molecule has 11 nitrogen and oxygen atoms in total. The fourth-order valence-electron chi connectivity index (χ4n) is 2.90. The van der Waals surface area contributed by atoms with Gasteiger partial charge >= 0.3 is 0 Å². The molecule has 0 fully saturated rings. The average Bonchev–Trinajstić information content (AvgIpc) is 2.69. The Morgan fingerprint density at radius 2 is 1.67 bits per heavy atom. The molecule has 0 bridgehead atoms. The number of hydrogen-bond donors (Lipinski definition) is 3. The van der Waals surface area contributed by atoms with Crippen LogP contribution >= 0.6 is 0 Å². The maximum Gasteiger partial charge on any atom is 0.293 e. The van der Waals surface area contributed by atoms with E-state index in [9.17, 15) is 31.7 Å². The number of sulfone groups is 1. The molecule has 0 aromatic heterocycles. The number of amides is 1. The molecule has 0 heterocycles. The number of carbonyl (C=O) groups excluding carboxylic acids is 1. The number of nitro benzene ring substituents is 1. The fourth-order valence-corrected chi connectivity index (χ4v) is 4.82. The molecule has 2 aromatic rings. The number of nitrogens with zero attached hydrogens (tertiary/aromatic N) is 1. The summed E-state index contributed by atoms with van der Waals surface area (Å²) in [4.78, 5) is 23.0. The van der Waals surface area contributed by atoms with Gasteiger partial charge in [0, 0.05) is 37.0 Å². The van der Waals surface area contributed by atoms with E-state index in [1.807, 2.05) is 0 Å². The van der Waals surface area contributed by atoms with Crippen LogP contribution in [0.5, 0.6) is 0 Å². The lowest BCUT2D eigenvalue weighted by molar-refractivity contribution is -0.384. The zero-order valence-electron chi connectivity index (χ0n) is 18.6. The molecule has 0 aliphatic carbocycles.